The highest BCUT2D eigenvalue weighted by molar-refractivity contribution is 5.92. The fourth-order valence-corrected chi connectivity index (χ4v) is 4.05. The summed E-state index contributed by atoms with van der Waals surface area (Å²) in [4.78, 5) is 26.0. The van der Waals surface area contributed by atoms with E-state index < -0.39 is 17.5 Å². The first-order valence-corrected chi connectivity index (χ1v) is 10.7. The minimum atomic E-state index is -0.976. The number of ether oxygens (including phenoxy) is 5. The van der Waals surface area contributed by atoms with Crippen LogP contribution in [0.4, 0.5) is 5.69 Å². The molecule has 2 N–H and O–H groups in total. The number of methoxy groups -OCH3 is 3. The van der Waals surface area contributed by atoms with Gasteiger partial charge in [0.1, 0.15) is 17.3 Å². The number of aromatic hydroxyl groups is 1. The van der Waals surface area contributed by atoms with Crippen LogP contribution < -0.4 is 34.6 Å². The Balaban J connectivity index is 1.82. The maximum absolute atomic E-state index is 13.2. The molecule has 1 unspecified atom stereocenters. The lowest BCUT2D eigenvalue weighted by atomic mass is 9.87. The van der Waals surface area contributed by atoms with Crippen molar-refractivity contribution in [3.63, 3.8) is 0 Å². The Kier molecular flexibility index (Phi) is 6.72. The van der Waals surface area contributed by atoms with Crippen molar-refractivity contribution in [1.82, 2.24) is 0 Å². The summed E-state index contributed by atoms with van der Waals surface area (Å²) in [5, 5.41) is 13.5. The van der Waals surface area contributed by atoms with E-state index in [2.05, 4.69) is 5.32 Å². The van der Waals surface area contributed by atoms with E-state index in [-0.39, 0.29) is 41.8 Å². The lowest BCUT2D eigenvalue weighted by molar-refractivity contribution is -0.116. The molecule has 0 aliphatic carbocycles. The van der Waals surface area contributed by atoms with Gasteiger partial charge in [-0.3, -0.25) is 4.79 Å². The van der Waals surface area contributed by atoms with Gasteiger partial charge in [-0.05, 0) is 25.1 Å². The second-order valence-corrected chi connectivity index (χ2v) is 7.75. The van der Waals surface area contributed by atoms with Crippen LogP contribution >= 0.6 is 0 Å². The Hall–Kier alpha value is -4.34. The van der Waals surface area contributed by atoms with E-state index >= 15 is 0 Å². The number of carbonyl (C=O) groups excluding carboxylic acids is 1. The van der Waals surface area contributed by atoms with Gasteiger partial charge in [0.25, 0.3) is 0 Å². The zero-order valence-electron chi connectivity index (χ0n) is 19.7. The van der Waals surface area contributed by atoms with E-state index in [1.807, 2.05) is 0 Å². The zero-order chi connectivity index (χ0) is 25.1. The molecule has 10 heteroatoms. The summed E-state index contributed by atoms with van der Waals surface area (Å²) in [5.74, 6) is 0.265. The van der Waals surface area contributed by atoms with Crippen LogP contribution in [0.25, 0.3) is 0 Å². The molecule has 1 atom stereocenters. The summed E-state index contributed by atoms with van der Waals surface area (Å²) < 4.78 is 32.6. The molecular weight excluding hydrogens is 458 g/mol. The van der Waals surface area contributed by atoms with Crippen molar-refractivity contribution in [2.24, 2.45) is 0 Å². The number of aryl methyl sites for hydroxylation is 1. The van der Waals surface area contributed by atoms with E-state index in [0.29, 0.717) is 28.5 Å². The van der Waals surface area contributed by atoms with Crippen molar-refractivity contribution >= 4 is 11.6 Å². The Morgan fingerprint density at radius 1 is 1.09 bits per heavy atom. The average Bonchev–Trinajstić information content (AvgIpc) is 3.31. The second kappa shape index (κ2) is 9.88. The number of rotatable bonds is 8. The first kappa shape index (κ1) is 23.8. The molecule has 0 radical (unpaired) electrons. The van der Waals surface area contributed by atoms with Gasteiger partial charge < -0.3 is 38.5 Å². The van der Waals surface area contributed by atoms with Crippen LogP contribution in [0.2, 0.25) is 0 Å². The number of carbonyl (C=O) groups is 1. The smallest absolute Gasteiger partial charge is 0.343 e. The van der Waals surface area contributed by atoms with Gasteiger partial charge in [-0.15, -0.1) is 0 Å². The monoisotopic (exact) mass is 483 g/mol. The normalized spacial score (nSPS) is 12.7. The van der Waals surface area contributed by atoms with Gasteiger partial charge in [0, 0.05) is 35.7 Å². The number of hydrogen-bond donors (Lipinski definition) is 2. The minimum Gasteiger partial charge on any atom is -0.507 e. The molecule has 0 spiro atoms. The van der Waals surface area contributed by atoms with Crippen LogP contribution in [-0.2, 0) is 4.79 Å². The van der Waals surface area contributed by atoms with Crippen LogP contribution in [-0.4, -0.2) is 39.1 Å². The number of benzene rings is 2. The number of hydrogen-bond acceptors (Lipinski definition) is 9. The van der Waals surface area contributed by atoms with E-state index in [9.17, 15) is 14.7 Å². The summed E-state index contributed by atoms with van der Waals surface area (Å²) in [6, 6.07) is 9.76. The Morgan fingerprint density at radius 2 is 1.86 bits per heavy atom. The van der Waals surface area contributed by atoms with Crippen LogP contribution in [0.5, 0.6) is 34.5 Å². The number of fused-ring (bicyclic) bond motifs is 1. The topological polar surface area (TPSA) is 126 Å². The van der Waals surface area contributed by atoms with Gasteiger partial charge in [-0.1, -0.05) is 6.07 Å². The van der Waals surface area contributed by atoms with Crippen LogP contribution in [0.1, 0.15) is 29.2 Å². The van der Waals surface area contributed by atoms with E-state index in [1.54, 1.807) is 37.3 Å². The summed E-state index contributed by atoms with van der Waals surface area (Å²) in [6.45, 7) is 1.49. The minimum absolute atomic E-state index is 0.0512. The Labute approximate surface area is 200 Å². The third-order valence-corrected chi connectivity index (χ3v) is 5.57. The molecule has 2 aromatic carbocycles. The summed E-state index contributed by atoms with van der Waals surface area (Å²) >= 11 is 0. The van der Waals surface area contributed by atoms with Crippen molar-refractivity contribution in [3.05, 3.63) is 63.7 Å². The molecular formula is C25H25NO9. The maximum Gasteiger partial charge on any atom is 0.343 e. The molecule has 2 heterocycles. The summed E-state index contributed by atoms with van der Waals surface area (Å²) in [7, 11) is 4.41. The quantitative estimate of drug-likeness (QED) is 0.494. The van der Waals surface area contributed by atoms with E-state index in [4.69, 9.17) is 28.1 Å². The molecule has 1 aromatic heterocycles. The molecule has 10 nitrogen and oxygen atoms in total. The molecule has 4 rings (SSSR count). The third kappa shape index (κ3) is 4.68. The first-order valence-electron chi connectivity index (χ1n) is 10.7. The maximum atomic E-state index is 13.2. The molecule has 1 aliphatic rings. The van der Waals surface area contributed by atoms with Gasteiger partial charge in [0.15, 0.2) is 11.5 Å². The molecule has 0 saturated heterocycles. The van der Waals surface area contributed by atoms with Crippen molar-refractivity contribution in [2.75, 3.05) is 33.4 Å². The van der Waals surface area contributed by atoms with Gasteiger partial charge >= 0.3 is 5.63 Å². The van der Waals surface area contributed by atoms with Crippen molar-refractivity contribution in [1.29, 1.82) is 0 Å². The fraction of sp³-hybridized carbons (Fsp3) is 0.280. The number of nitrogens with one attached hydrogen (secondary N) is 1. The third-order valence-electron chi connectivity index (χ3n) is 5.57. The average molecular weight is 483 g/mol. The predicted molar refractivity (Wildman–Crippen MR) is 125 cm³/mol. The molecule has 1 amide bonds. The first-order chi connectivity index (χ1) is 16.9. The van der Waals surface area contributed by atoms with Crippen LogP contribution in [0.15, 0.2) is 45.6 Å². The van der Waals surface area contributed by atoms with Crippen molar-refractivity contribution in [2.45, 2.75) is 19.3 Å². The lowest BCUT2D eigenvalue weighted by Crippen LogP contribution is -2.21. The molecule has 0 saturated carbocycles. The van der Waals surface area contributed by atoms with Crippen LogP contribution in [0.3, 0.4) is 0 Å². The zero-order valence-corrected chi connectivity index (χ0v) is 19.7. The molecule has 0 fully saturated rings. The predicted octanol–water partition coefficient (Wildman–Crippen LogP) is 3.57. The second-order valence-electron chi connectivity index (χ2n) is 7.75. The van der Waals surface area contributed by atoms with Gasteiger partial charge in [0.05, 0.1) is 26.9 Å². The Morgan fingerprint density at radius 3 is 2.54 bits per heavy atom. The molecule has 1 aliphatic heterocycles. The van der Waals surface area contributed by atoms with Crippen molar-refractivity contribution < 1.29 is 38.0 Å². The highest BCUT2D eigenvalue weighted by Crippen LogP contribution is 2.52. The molecule has 0 bridgehead atoms. The Bertz CT molecular complexity index is 1320. The number of amides is 1. The van der Waals surface area contributed by atoms with Crippen LogP contribution in [0, 0.1) is 6.92 Å². The van der Waals surface area contributed by atoms with E-state index in [1.165, 1.54) is 27.4 Å². The standard InChI is InChI=1S/C25H25NO9/c1-13-8-18(27)21(25(29)35-13)16(11-20(28)26-14-6-5-7-15(9-14)30-2)17-10-19(31-3)23-24(22(17)32-4)34-12-33-23/h5-10,16,27H,11-12H2,1-4H3,(H,26,28). The van der Waals surface area contributed by atoms with Crippen molar-refractivity contribution in [3.8, 4) is 34.5 Å². The van der Waals surface area contributed by atoms with Gasteiger partial charge in [-0.2, -0.15) is 0 Å². The molecule has 35 heavy (non-hydrogen) atoms. The molecule has 3 aromatic rings. The highest BCUT2D eigenvalue weighted by atomic mass is 16.7. The summed E-state index contributed by atoms with van der Waals surface area (Å²) in [5.41, 5.74) is 0.000294. The summed E-state index contributed by atoms with van der Waals surface area (Å²) in [6.07, 6.45) is -0.238. The lowest BCUT2D eigenvalue weighted by Gasteiger charge is -2.22. The highest BCUT2D eigenvalue weighted by Gasteiger charge is 2.34. The van der Waals surface area contributed by atoms with Gasteiger partial charge in [0.2, 0.25) is 24.2 Å². The number of anilines is 1. The largest absolute Gasteiger partial charge is 0.507 e. The molecule has 184 valence electrons. The van der Waals surface area contributed by atoms with Gasteiger partial charge in [-0.25, -0.2) is 4.79 Å². The fourth-order valence-electron chi connectivity index (χ4n) is 4.05. The SMILES string of the molecule is COc1cccc(NC(=O)CC(c2cc(OC)c3c(c2OC)OCO3)c2c(O)cc(C)oc2=O)c1. The van der Waals surface area contributed by atoms with E-state index in [0.717, 1.165) is 0 Å².